The minimum absolute atomic E-state index is 0.00882. The van der Waals surface area contributed by atoms with Gasteiger partial charge in [0.15, 0.2) is 0 Å². The van der Waals surface area contributed by atoms with Crippen molar-refractivity contribution in [1.82, 2.24) is 4.90 Å². The number of halogens is 3. The van der Waals surface area contributed by atoms with Gasteiger partial charge in [0, 0.05) is 13.1 Å². The first kappa shape index (κ1) is 16.2. The third-order valence-corrected chi connectivity index (χ3v) is 2.01. The van der Waals surface area contributed by atoms with Crippen molar-refractivity contribution in [2.75, 3.05) is 26.7 Å². The van der Waals surface area contributed by atoms with Gasteiger partial charge in [0.25, 0.3) is 0 Å². The fraction of sp³-hybridized carbons (Fsp3) is 0.900. The zero-order chi connectivity index (χ0) is 13.5. The Morgan fingerprint density at radius 2 is 2.06 bits per heavy atom. The van der Waals surface area contributed by atoms with Crippen LogP contribution in [0, 0.1) is 0 Å². The summed E-state index contributed by atoms with van der Waals surface area (Å²) in [6, 6.07) is 0. The van der Waals surface area contributed by atoms with Crippen LogP contribution in [0.4, 0.5) is 13.2 Å². The first-order valence-electron chi connectivity index (χ1n) is 5.33. The second-order valence-corrected chi connectivity index (χ2v) is 3.79. The van der Waals surface area contributed by atoms with E-state index < -0.39 is 24.7 Å². The average molecular weight is 257 g/mol. The summed E-state index contributed by atoms with van der Waals surface area (Å²) in [7, 11) is 1.46. The molecule has 0 aliphatic heterocycles. The highest BCUT2D eigenvalue weighted by Crippen LogP contribution is 2.19. The van der Waals surface area contributed by atoms with E-state index in [1.165, 1.54) is 11.9 Å². The SMILES string of the molecule is CCOC(=O)CC(O)CN(C)CCC(F)(F)F. The van der Waals surface area contributed by atoms with E-state index in [2.05, 4.69) is 4.74 Å². The Kier molecular flexibility index (Phi) is 7.13. The summed E-state index contributed by atoms with van der Waals surface area (Å²) in [5.74, 6) is -0.552. The van der Waals surface area contributed by atoms with Gasteiger partial charge in [-0.25, -0.2) is 0 Å². The molecule has 0 saturated heterocycles. The van der Waals surface area contributed by atoms with E-state index in [9.17, 15) is 23.1 Å². The van der Waals surface area contributed by atoms with Gasteiger partial charge in [-0.3, -0.25) is 4.79 Å². The van der Waals surface area contributed by atoms with Crippen molar-refractivity contribution in [1.29, 1.82) is 0 Å². The van der Waals surface area contributed by atoms with Gasteiger partial charge < -0.3 is 14.7 Å². The molecule has 0 amide bonds. The molecule has 0 fully saturated rings. The number of likely N-dealkylation sites (N-methyl/N-ethyl adjacent to an activating group) is 1. The highest BCUT2D eigenvalue weighted by Gasteiger charge is 2.27. The number of carbonyl (C=O) groups excluding carboxylic acids is 1. The standard InChI is InChI=1S/C10H18F3NO3/c1-3-17-9(16)6-8(15)7-14(2)5-4-10(11,12)13/h8,15H,3-7H2,1-2H3. The lowest BCUT2D eigenvalue weighted by atomic mass is 10.2. The van der Waals surface area contributed by atoms with Crippen LogP contribution in [-0.4, -0.2) is 55.0 Å². The predicted octanol–water partition coefficient (Wildman–Crippen LogP) is 1.18. The summed E-state index contributed by atoms with van der Waals surface area (Å²) in [5, 5.41) is 9.42. The number of rotatable bonds is 7. The maximum Gasteiger partial charge on any atom is 0.390 e. The second-order valence-electron chi connectivity index (χ2n) is 3.79. The summed E-state index contributed by atoms with van der Waals surface area (Å²) in [6.07, 6.45) is -6.35. The Morgan fingerprint density at radius 1 is 1.47 bits per heavy atom. The zero-order valence-electron chi connectivity index (χ0n) is 9.96. The van der Waals surface area contributed by atoms with Crippen molar-refractivity contribution in [2.45, 2.75) is 32.0 Å². The summed E-state index contributed by atoms with van der Waals surface area (Å²) in [6.45, 7) is 1.66. The largest absolute Gasteiger partial charge is 0.466 e. The van der Waals surface area contributed by atoms with Crippen LogP contribution in [-0.2, 0) is 9.53 Å². The summed E-state index contributed by atoms with van der Waals surface area (Å²) in [4.78, 5) is 12.3. The Bertz CT molecular complexity index is 233. The lowest BCUT2D eigenvalue weighted by molar-refractivity contribution is -0.146. The molecule has 0 radical (unpaired) electrons. The number of nitrogens with zero attached hydrogens (tertiary/aromatic N) is 1. The predicted molar refractivity (Wildman–Crippen MR) is 55.4 cm³/mol. The average Bonchev–Trinajstić information content (AvgIpc) is 2.13. The summed E-state index contributed by atoms with van der Waals surface area (Å²) in [5.41, 5.74) is 0. The Hall–Kier alpha value is -0.820. The van der Waals surface area contributed by atoms with Crippen molar-refractivity contribution in [3.05, 3.63) is 0 Å². The van der Waals surface area contributed by atoms with Crippen molar-refractivity contribution < 1.29 is 27.8 Å². The highest BCUT2D eigenvalue weighted by molar-refractivity contribution is 5.69. The first-order chi connectivity index (χ1) is 7.74. The zero-order valence-corrected chi connectivity index (χ0v) is 9.96. The molecular formula is C10H18F3NO3. The lowest BCUT2D eigenvalue weighted by Crippen LogP contribution is -2.33. The highest BCUT2D eigenvalue weighted by atomic mass is 19.4. The van der Waals surface area contributed by atoms with E-state index in [4.69, 9.17) is 0 Å². The second kappa shape index (κ2) is 7.50. The van der Waals surface area contributed by atoms with Crippen LogP contribution in [0.3, 0.4) is 0 Å². The van der Waals surface area contributed by atoms with Crippen LogP contribution >= 0.6 is 0 Å². The lowest BCUT2D eigenvalue weighted by Gasteiger charge is -2.20. The first-order valence-corrected chi connectivity index (χ1v) is 5.33. The summed E-state index contributed by atoms with van der Waals surface area (Å²) < 4.78 is 40.3. The number of aliphatic hydroxyl groups excluding tert-OH is 1. The van der Waals surface area contributed by atoms with Crippen LogP contribution in [0.1, 0.15) is 19.8 Å². The molecule has 102 valence electrons. The molecule has 17 heavy (non-hydrogen) atoms. The molecule has 0 aromatic heterocycles. The molecular weight excluding hydrogens is 239 g/mol. The molecule has 1 N–H and O–H groups in total. The number of esters is 1. The molecule has 1 unspecified atom stereocenters. The minimum Gasteiger partial charge on any atom is -0.466 e. The number of ether oxygens (including phenoxy) is 1. The Labute approximate surface area is 98.3 Å². The van der Waals surface area contributed by atoms with Crippen molar-refractivity contribution in [2.24, 2.45) is 0 Å². The van der Waals surface area contributed by atoms with Crippen molar-refractivity contribution in [3.63, 3.8) is 0 Å². The minimum atomic E-state index is -4.21. The molecule has 0 aromatic carbocycles. The number of hydrogen-bond donors (Lipinski definition) is 1. The third-order valence-electron chi connectivity index (χ3n) is 2.01. The van der Waals surface area contributed by atoms with E-state index in [1.807, 2.05) is 0 Å². The summed E-state index contributed by atoms with van der Waals surface area (Å²) >= 11 is 0. The van der Waals surface area contributed by atoms with Gasteiger partial charge in [-0.05, 0) is 14.0 Å². The molecule has 7 heteroatoms. The van der Waals surface area contributed by atoms with E-state index in [0.717, 1.165) is 0 Å². The molecule has 0 aliphatic carbocycles. The van der Waals surface area contributed by atoms with E-state index in [-0.39, 0.29) is 26.1 Å². The molecule has 0 heterocycles. The molecule has 0 aromatic rings. The van der Waals surface area contributed by atoms with Crippen molar-refractivity contribution >= 4 is 5.97 Å². The number of carbonyl (C=O) groups is 1. The molecule has 1 atom stereocenters. The van der Waals surface area contributed by atoms with Crippen LogP contribution in [0.25, 0.3) is 0 Å². The topological polar surface area (TPSA) is 49.8 Å². The van der Waals surface area contributed by atoms with E-state index in [1.54, 1.807) is 6.92 Å². The van der Waals surface area contributed by atoms with Crippen LogP contribution in [0.15, 0.2) is 0 Å². The van der Waals surface area contributed by atoms with Crippen LogP contribution in [0.5, 0.6) is 0 Å². The van der Waals surface area contributed by atoms with E-state index >= 15 is 0 Å². The molecule has 0 saturated carbocycles. The van der Waals surface area contributed by atoms with Crippen molar-refractivity contribution in [3.8, 4) is 0 Å². The third kappa shape index (κ3) is 10.1. The molecule has 0 rings (SSSR count). The smallest absolute Gasteiger partial charge is 0.390 e. The molecule has 0 bridgehead atoms. The van der Waals surface area contributed by atoms with Crippen LogP contribution < -0.4 is 0 Å². The Balaban J connectivity index is 3.80. The number of hydrogen-bond acceptors (Lipinski definition) is 4. The van der Waals surface area contributed by atoms with Crippen LogP contribution in [0.2, 0.25) is 0 Å². The van der Waals surface area contributed by atoms with Gasteiger partial charge >= 0.3 is 12.1 Å². The number of alkyl halides is 3. The number of aliphatic hydroxyl groups is 1. The quantitative estimate of drug-likeness (QED) is 0.696. The van der Waals surface area contributed by atoms with Gasteiger partial charge in [0.05, 0.1) is 25.6 Å². The monoisotopic (exact) mass is 257 g/mol. The fourth-order valence-corrected chi connectivity index (χ4v) is 1.25. The van der Waals surface area contributed by atoms with E-state index in [0.29, 0.717) is 0 Å². The molecule has 4 nitrogen and oxygen atoms in total. The fourth-order valence-electron chi connectivity index (χ4n) is 1.25. The maximum atomic E-state index is 11.9. The van der Waals surface area contributed by atoms with Gasteiger partial charge in [-0.2, -0.15) is 13.2 Å². The maximum absolute atomic E-state index is 11.9. The normalized spacial score (nSPS) is 13.8. The van der Waals surface area contributed by atoms with Gasteiger partial charge in [0.2, 0.25) is 0 Å². The molecule has 0 spiro atoms. The molecule has 0 aliphatic rings. The Morgan fingerprint density at radius 3 is 2.53 bits per heavy atom. The van der Waals surface area contributed by atoms with Gasteiger partial charge in [0.1, 0.15) is 0 Å². The van der Waals surface area contributed by atoms with Gasteiger partial charge in [-0.1, -0.05) is 0 Å². The van der Waals surface area contributed by atoms with Gasteiger partial charge in [-0.15, -0.1) is 0 Å².